The van der Waals surface area contributed by atoms with Crippen molar-refractivity contribution in [2.24, 2.45) is 0 Å². The zero-order valence-electron chi connectivity index (χ0n) is 44.1. The minimum absolute atomic E-state index is 0. The van der Waals surface area contributed by atoms with Gasteiger partial charge in [-0.3, -0.25) is 14.2 Å². The van der Waals surface area contributed by atoms with Crippen molar-refractivity contribution in [3.05, 3.63) is 0 Å². The van der Waals surface area contributed by atoms with Crippen molar-refractivity contribution in [1.29, 1.82) is 0 Å². The molecule has 0 radical (unpaired) electrons. The Bertz CT molecular complexity index is 2080. The summed E-state index contributed by atoms with van der Waals surface area (Å²) in [6, 6.07) is 0. The molecule has 0 bridgehead atoms. The zero-order valence-corrected chi connectivity index (χ0v) is 45.9. The highest BCUT2D eigenvalue weighted by Crippen LogP contribution is 2.36. The van der Waals surface area contributed by atoms with Crippen molar-refractivity contribution in [3.63, 3.8) is 0 Å². The maximum Gasteiger partial charge on any atom is 0.246 e. The van der Waals surface area contributed by atoms with E-state index < -0.39 is 272 Å². The summed E-state index contributed by atoms with van der Waals surface area (Å²) in [6.07, 6.45) is -61.6. The molecule has 0 spiro atoms. The molecule has 12 unspecified atom stereocenters. The lowest BCUT2D eigenvalue weighted by atomic mass is 9.96. The average Bonchev–Trinajstić information content (AvgIpc) is 1.08. The van der Waals surface area contributed by atoms with E-state index in [0.29, 0.717) is 0 Å². The van der Waals surface area contributed by atoms with Crippen LogP contribution in [0.2, 0.25) is 0 Å². The molecule has 6 rings (SSSR count). The van der Waals surface area contributed by atoms with Crippen LogP contribution in [0.4, 0.5) is 0 Å². The maximum atomic E-state index is 12.7. The van der Waals surface area contributed by atoms with Gasteiger partial charge in [-0.25, -0.2) is 0 Å². The Morgan fingerprint density at radius 1 is 0.477 bits per heavy atom. The molecule has 43 heteroatoms. The number of ether oxygens (including phenoxy) is 13. The second-order valence-electron chi connectivity index (χ2n) is 19.6. The predicted molar refractivity (Wildman–Crippen MR) is 252 cm³/mol. The summed E-state index contributed by atoms with van der Waals surface area (Å²) in [5.74, 6) is -1.58. The number of phosphoric acid groups is 1. The van der Waals surface area contributed by atoms with Crippen LogP contribution in [-0.4, -0.2) is 349 Å². The number of nitrogens with one attached hydrogen (secondary N) is 1. The first kappa shape index (κ1) is 76.5. The molecule has 6 heterocycles. The zero-order chi connectivity index (χ0) is 63.4. The van der Waals surface area contributed by atoms with Gasteiger partial charge in [0, 0.05) is 7.11 Å². The standard InChI is InChI=1S/C42H72NO38P.CH4.HO2P/c1-67-5-11(46)2-43-18(47)10-70-38-33(62)34(79-42-36(29(58)20(49)13(4-45)74-42)81-40-32(61)27(56)23(52)17(78-40)9-72-82(64,65)66)24(53)15(76-38)7-68-37-30(59)25(54)21(50)14(75-37)6-69-41-35(28(57)19(48)12(3-44)73-41)80-39-31(60)26(55)22(51)16(77-39)8-71-63;;1-3-2/h12-17,19-42,44-45,48-63H,2-10H2,1H3,(H,43,47)(H2,64,65,66);1H4;(H,1,2)/p-4/t12?,13?,14?,15?,16?,17?,19-,20-,21-,22-,23-,24-,25+,26+,27+,28+,29+,30?,31?,32?,33?,34+,35?,36?,37+,38-,39-,40-,41+,42-;;/m1../s1. The fraction of sp³-hybridized carbons (Fsp3) is 0.953. The Balaban J connectivity index is 0.00000388. The number of carbonyl (C=O) groups is 2. The fourth-order valence-corrected chi connectivity index (χ4v) is 9.53. The first-order chi connectivity index (χ1) is 40.1. The number of phosphoric ester groups is 1. The number of hydrogen-bond donors (Lipinski definition) is 18. The quantitative estimate of drug-likeness (QED) is 0.0217. The maximum absolute atomic E-state index is 12.7. The van der Waals surface area contributed by atoms with Gasteiger partial charge in [0.25, 0.3) is 0 Å². The van der Waals surface area contributed by atoms with Crippen LogP contribution in [0.3, 0.4) is 0 Å². The van der Waals surface area contributed by atoms with Gasteiger partial charge in [-0.2, -0.15) is 0 Å². The summed E-state index contributed by atoms with van der Waals surface area (Å²) in [4.78, 5) is 59.1. The highest BCUT2D eigenvalue weighted by Gasteiger charge is 2.56. The Labute approximate surface area is 487 Å². The van der Waals surface area contributed by atoms with Crippen LogP contribution >= 0.6 is 16.5 Å². The average molecular weight is 1310 g/mol. The molecule has 41 nitrogen and oxygen atoms in total. The Hall–Kier alpha value is -1.97. The summed E-state index contributed by atoms with van der Waals surface area (Å²) in [5, 5.41) is 196. The lowest BCUT2D eigenvalue weighted by Gasteiger charge is -2.49. The minimum Gasteiger partial charge on any atom is -0.790 e. The summed E-state index contributed by atoms with van der Waals surface area (Å²) < 4.78 is 95.7. The number of amides is 1. The van der Waals surface area contributed by atoms with Gasteiger partial charge < -0.3 is 188 Å². The summed E-state index contributed by atoms with van der Waals surface area (Å²) >= 11 is 0. The van der Waals surface area contributed by atoms with E-state index in [9.17, 15) is 116 Å². The topological polar surface area (TPSA) is 655 Å². The molecule has 6 aliphatic heterocycles. The molecule has 1 amide bonds. The van der Waals surface area contributed by atoms with Gasteiger partial charge in [-0.1, -0.05) is 7.43 Å². The van der Waals surface area contributed by atoms with Crippen LogP contribution in [0, 0.1) is 0 Å². The number of aliphatic hydroxyl groups is 17. The summed E-state index contributed by atoms with van der Waals surface area (Å²) in [6.45, 7) is -8.08. The van der Waals surface area contributed by atoms with E-state index in [1.54, 1.807) is 0 Å². The van der Waals surface area contributed by atoms with Gasteiger partial charge in [0.2, 0.25) is 5.91 Å². The number of carbonyl (C=O) groups excluding carboxylic acids is 2. The third-order valence-electron chi connectivity index (χ3n) is 13.8. The van der Waals surface area contributed by atoms with Crippen LogP contribution in [0.1, 0.15) is 7.43 Å². The van der Waals surface area contributed by atoms with Crippen molar-refractivity contribution in [2.45, 2.75) is 192 Å². The molecule has 30 atom stereocenters. The number of rotatable bonds is 26. The molecular weight excluding hydrogens is 1230 g/mol. The fourth-order valence-electron chi connectivity index (χ4n) is 9.20. The van der Waals surface area contributed by atoms with Crippen molar-refractivity contribution in [1.82, 2.24) is 5.32 Å². The van der Waals surface area contributed by atoms with Crippen LogP contribution < -0.4 is 25.3 Å². The molecule has 0 saturated carbocycles. The third kappa shape index (κ3) is 19.5. The van der Waals surface area contributed by atoms with Crippen molar-refractivity contribution < 1.29 is 196 Å². The normalized spacial score (nSPS) is 44.0. The number of methoxy groups -OCH3 is 1. The molecule has 6 aliphatic rings. The van der Waals surface area contributed by atoms with Gasteiger partial charge in [0.05, 0.1) is 62.7 Å². The van der Waals surface area contributed by atoms with Gasteiger partial charge in [-0.15, -0.1) is 0 Å². The lowest BCUT2D eigenvalue weighted by molar-refractivity contribution is -0.692. The van der Waals surface area contributed by atoms with Crippen molar-refractivity contribution >= 4 is 28.2 Å². The largest absolute Gasteiger partial charge is 0.790 e. The monoisotopic (exact) mass is 1310 g/mol. The molecule has 0 aromatic heterocycles. The minimum atomic E-state index is -5.74. The Kier molecular flexibility index (Phi) is 31.3. The van der Waals surface area contributed by atoms with Crippen molar-refractivity contribution in [2.75, 3.05) is 66.5 Å². The second-order valence-corrected chi connectivity index (χ2v) is 20.9. The lowest BCUT2D eigenvalue weighted by Crippen LogP contribution is -2.67. The molecule has 86 heavy (non-hydrogen) atoms. The molecule has 6 saturated heterocycles. The summed E-state index contributed by atoms with van der Waals surface area (Å²) in [7, 11) is -5.61. The van der Waals surface area contributed by atoms with Gasteiger partial charge in [-0.05, 0) is 0 Å². The molecular formula is C43H73NO40P2-4. The number of aliphatic hydroxyl groups excluding tert-OH is 17. The van der Waals surface area contributed by atoms with Crippen LogP contribution in [-0.2, 0) is 89.7 Å². The predicted octanol–water partition coefficient (Wildman–Crippen LogP) is -16.4. The van der Waals surface area contributed by atoms with Gasteiger partial charge in [0.1, 0.15) is 160 Å². The SMILES string of the molecule is C.COCC(=O)CNC(=O)CO[C@@H]1OC(CO[C@H]2OC(CO[C@H]3OC(CO)[C@@H](O)[C@H](O)C3O[C@H]3OC(CO[O-])[C@@H](O)[C@H](O)C3O)[C@@H](O)[C@H](O)C2O)[C@@H](O)[C@H](O[C@H]2OC(CO)[C@@H](O)[C@H](O)C2O[C@H]2OC(COP(=O)([O-])[O-])[C@@H](O)[C@H](O)C2O)C1O.O=P[O-]. The van der Waals surface area contributed by atoms with Gasteiger partial charge >= 0.3 is 0 Å². The van der Waals surface area contributed by atoms with Gasteiger partial charge in [0.15, 0.2) is 43.5 Å². The van der Waals surface area contributed by atoms with Crippen molar-refractivity contribution in [3.8, 4) is 0 Å². The summed E-state index contributed by atoms with van der Waals surface area (Å²) in [5.41, 5.74) is 0. The smallest absolute Gasteiger partial charge is 0.246 e. The molecule has 6 fully saturated rings. The van der Waals surface area contributed by atoms with E-state index in [2.05, 4.69) is 14.7 Å². The first-order valence-electron chi connectivity index (χ1n) is 25.4. The molecule has 504 valence electrons. The number of hydrogen-bond acceptors (Lipinski definition) is 40. The van der Waals surface area contributed by atoms with Crippen LogP contribution in [0.5, 0.6) is 0 Å². The number of Topliss-reactive ketones (excluding diaryl/α,β-unsaturated/α-hetero) is 1. The Morgan fingerprint density at radius 3 is 1.31 bits per heavy atom. The van der Waals surface area contributed by atoms with Crippen LogP contribution in [0.25, 0.3) is 0 Å². The second kappa shape index (κ2) is 35.2. The number of ketones is 1. The third-order valence-corrected chi connectivity index (χ3v) is 14.3. The molecule has 0 aromatic carbocycles. The van der Waals surface area contributed by atoms with E-state index in [4.69, 9.17) is 71.0 Å². The van der Waals surface area contributed by atoms with E-state index in [0.717, 1.165) is 0 Å². The van der Waals surface area contributed by atoms with E-state index in [1.807, 2.05) is 0 Å². The molecule has 0 aliphatic carbocycles. The Morgan fingerprint density at radius 2 is 0.849 bits per heavy atom. The van der Waals surface area contributed by atoms with E-state index >= 15 is 0 Å². The van der Waals surface area contributed by atoms with E-state index in [-0.39, 0.29) is 7.43 Å². The highest BCUT2D eigenvalue weighted by atomic mass is 31.2. The van der Waals surface area contributed by atoms with Crippen LogP contribution in [0.15, 0.2) is 0 Å². The molecule has 18 N–H and O–H groups in total. The highest BCUT2D eigenvalue weighted by molar-refractivity contribution is 7.43. The first-order valence-corrected chi connectivity index (χ1v) is 27.6. The van der Waals surface area contributed by atoms with E-state index in [1.165, 1.54) is 7.11 Å². The molecule has 0 aromatic rings.